The number of alkyl halides is 3. The Morgan fingerprint density at radius 2 is 1.86 bits per heavy atom. The van der Waals surface area contributed by atoms with Crippen molar-refractivity contribution in [3.8, 4) is 5.75 Å². The van der Waals surface area contributed by atoms with Crippen molar-refractivity contribution in [3.05, 3.63) is 58.7 Å². The molecular weight excluding hydrogens is 375 g/mol. The molecule has 0 heterocycles. The lowest BCUT2D eigenvalue weighted by molar-refractivity contribution is -0.139. The molecule has 2 aromatic rings. The maximum absolute atomic E-state index is 13.4. The van der Waals surface area contributed by atoms with Gasteiger partial charge in [0.1, 0.15) is 12.4 Å². The molecule has 0 saturated carbocycles. The van der Waals surface area contributed by atoms with E-state index < -0.39 is 17.8 Å². The van der Waals surface area contributed by atoms with Crippen LogP contribution >= 0.6 is 0 Å². The monoisotopic (exact) mass is 397 g/mol. The third kappa shape index (κ3) is 4.75. The van der Waals surface area contributed by atoms with Gasteiger partial charge in [0.05, 0.1) is 18.4 Å². The second kappa shape index (κ2) is 8.97. The molecule has 2 rings (SSSR count). The molecule has 0 fully saturated rings. The Morgan fingerprint density at radius 1 is 1.14 bits per heavy atom. The standard InChI is InChI=1S/C20H22F3NO4/c1-4-13-9-10-18(16(11-13)20(21,22)23)28-12-15-14(5-2)7-6-8-17(15)24(26)19(25)27-3/h6-11,26H,4-5,12H2,1-3H3. The zero-order chi connectivity index (χ0) is 20.9. The summed E-state index contributed by atoms with van der Waals surface area (Å²) in [5.41, 5.74) is 0.882. The van der Waals surface area contributed by atoms with Gasteiger partial charge in [-0.15, -0.1) is 0 Å². The minimum atomic E-state index is -4.57. The van der Waals surface area contributed by atoms with Gasteiger partial charge < -0.3 is 9.47 Å². The lowest BCUT2D eigenvalue weighted by Crippen LogP contribution is -2.28. The molecule has 0 spiro atoms. The number of nitrogens with zero attached hydrogens (tertiary/aromatic N) is 1. The summed E-state index contributed by atoms with van der Waals surface area (Å²) in [5, 5.41) is 10.4. The second-order valence-corrected chi connectivity index (χ2v) is 6.02. The highest BCUT2D eigenvalue weighted by molar-refractivity contribution is 5.86. The number of carbonyl (C=O) groups excluding carboxylic acids is 1. The molecule has 8 heteroatoms. The maximum Gasteiger partial charge on any atom is 0.438 e. The van der Waals surface area contributed by atoms with Crippen LogP contribution in [0.3, 0.4) is 0 Å². The van der Waals surface area contributed by atoms with Crippen molar-refractivity contribution in [2.24, 2.45) is 0 Å². The van der Waals surface area contributed by atoms with Crippen LogP contribution in [0.4, 0.5) is 23.7 Å². The summed E-state index contributed by atoms with van der Waals surface area (Å²) in [7, 11) is 1.11. The van der Waals surface area contributed by atoms with Gasteiger partial charge in [0.25, 0.3) is 0 Å². The zero-order valence-electron chi connectivity index (χ0n) is 15.8. The number of rotatable bonds is 6. The Bertz CT molecular complexity index is 837. The van der Waals surface area contributed by atoms with Crippen molar-refractivity contribution in [3.63, 3.8) is 0 Å². The second-order valence-electron chi connectivity index (χ2n) is 6.02. The van der Waals surface area contributed by atoms with E-state index in [9.17, 15) is 23.2 Å². The summed E-state index contributed by atoms with van der Waals surface area (Å²) in [6, 6.07) is 8.75. The smallest absolute Gasteiger partial charge is 0.438 e. The van der Waals surface area contributed by atoms with Crippen molar-refractivity contribution >= 4 is 11.8 Å². The van der Waals surface area contributed by atoms with Crippen LogP contribution in [0.15, 0.2) is 36.4 Å². The van der Waals surface area contributed by atoms with Gasteiger partial charge in [-0.1, -0.05) is 32.0 Å². The molecule has 0 unspecified atom stereocenters. The summed E-state index contributed by atoms with van der Waals surface area (Å²) in [6.45, 7) is 3.35. The lowest BCUT2D eigenvalue weighted by atomic mass is 10.0. The van der Waals surface area contributed by atoms with Crippen molar-refractivity contribution in [1.29, 1.82) is 0 Å². The van der Waals surface area contributed by atoms with E-state index >= 15 is 0 Å². The van der Waals surface area contributed by atoms with Gasteiger partial charge in [-0.3, -0.25) is 5.21 Å². The molecule has 1 N–H and O–H groups in total. The summed E-state index contributed by atoms with van der Waals surface area (Å²) in [6.07, 6.45) is -4.59. The van der Waals surface area contributed by atoms with Gasteiger partial charge in [-0.2, -0.15) is 18.2 Å². The van der Waals surface area contributed by atoms with Gasteiger partial charge in [0, 0.05) is 5.56 Å². The number of benzene rings is 2. The fraction of sp³-hybridized carbons (Fsp3) is 0.350. The SMILES string of the molecule is CCc1ccc(OCc2c(CC)cccc2N(O)C(=O)OC)c(C(F)(F)F)c1. The molecule has 0 aromatic heterocycles. The fourth-order valence-electron chi connectivity index (χ4n) is 2.80. The van der Waals surface area contributed by atoms with E-state index in [2.05, 4.69) is 4.74 Å². The average Bonchev–Trinajstić information content (AvgIpc) is 2.69. The first kappa shape index (κ1) is 21.6. The number of hydrogen-bond donors (Lipinski definition) is 1. The summed E-state index contributed by atoms with van der Waals surface area (Å²) in [5.74, 6) is -0.316. The third-order valence-corrected chi connectivity index (χ3v) is 4.33. The van der Waals surface area contributed by atoms with E-state index in [1.54, 1.807) is 25.1 Å². The molecule has 152 valence electrons. The number of hydrogen-bond acceptors (Lipinski definition) is 4. The van der Waals surface area contributed by atoms with Crippen LogP contribution in [0.2, 0.25) is 0 Å². The number of carbonyl (C=O) groups is 1. The Kier molecular flexibility index (Phi) is 6.90. The van der Waals surface area contributed by atoms with Crippen molar-refractivity contribution in [1.82, 2.24) is 0 Å². The van der Waals surface area contributed by atoms with Crippen molar-refractivity contribution in [2.45, 2.75) is 39.5 Å². The minimum Gasteiger partial charge on any atom is -0.488 e. The van der Waals surface area contributed by atoms with Crippen LogP contribution in [0.25, 0.3) is 0 Å². The minimum absolute atomic E-state index is 0.0879. The first-order chi connectivity index (χ1) is 13.2. The third-order valence-electron chi connectivity index (χ3n) is 4.33. The van der Waals surface area contributed by atoms with Crippen molar-refractivity contribution in [2.75, 3.05) is 12.2 Å². The molecule has 0 aliphatic carbocycles. The zero-order valence-corrected chi connectivity index (χ0v) is 15.8. The first-order valence-electron chi connectivity index (χ1n) is 8.73. The van der Waals surface area contributed by atoms with Gasteiger partial charge in [0.2, 0.25) is 0 Å². The average molecular weight is 397 g/mol. The van der Waals surface area contributed by atoms with Gasteiger partial charge in [0.15, 0.2) is 0 Å². The van der Waals surface area contributed by atoms with E-state index in [-0.39, 0.29) is 18.0 Å². The van der Waals surface area contributed by atoms with Gasteiger partial charge >= 0.3 is 12.3 Å². The van der Waals surface area contributed by atoms with Gasteiger partial charge in [-0.25, -0.2) is 4.79 Å². The molecule has 0 aliphatic rings. The lowest BCUT2D eigenvalue weighted by Gasteiger charge is -2.21. The number of anilines is 1. The molecular formula is C20H22F3NO4. The molecule has 28 heavy (non-hydrogen) atoms. The number of halogens is 3. The van der Waals surface area contributed by atoms with Crippen LogP contribution in [0.1, 0.15) is 36.1 Å². The topological polar surface area (TPSA) is 59.0 Å². The molecule has 1 amide bonds. The highest BCUT2D eigenvalue weighted by atomic mass is 19.4. The number of amides is 1. The van der Waals surface area contributed by atoms with Crippen LogP contribution in [0, 0.1) is 0 Å². The van der Waals surface area contributed by atoms with Crippen LogP contribution in [0.5, 0.6) is 5.75 Å². The number of aryl methyl sites for hydroxylation is 2. The highest BCUT2D eigenvalue weighted by Gasteiger charge is 2.34. The maximum atomic E-state index is 13.4. The van der Waals surface area contributed by atoms with E-state index in [1.165, 1.54) is 12.1 Å². The Morgan fingerprint density at radius 3 is 2.43 bits per heavy atom. The molecule has 0 bridgehead atoms. The molecule has 5 nitrogen and oxygen atoms in total. The fourth-order valence-corrected chi connectivity index (χ4v) is 2.80. The molecule has 0 atom stereocenters. The number of methoxy groups -OCH3 is 1. The van der Waals surface area contributed by atoms with Crippen molar-refractivity contribution < 1.29 is 32.6 Å². The van der Waals surface area contributed by atoms with Crippen LogP contribution < -0.4 is 9.80 Å². The van der Waals surface area contributed by atoms with Gasteiger partial charge in [-0.05, 0) is 42.2 Å². The predicted octanol–water partition coefficient (Wildman–Crippen LogP) is 5.37. The summed E-state index contributed by atoms with van der Waals surface area (Å²) >= 11 is 0. The molecule has 2 aromatic carbocycles. The Balaban J connectivity index is 2.41. The number of ether oxygens (including phenoxy) is 2. The molecule has 0 saturated heterocycles. The normalized spacial score (nSPS) is 11.2. The summed E-state index contributed by atoms with van der Waals surface area (Å²) in [4.78, 5) is 11.7. The van der Waals surface area contributed by atoms with E-state index in [0.29, 0.717) is 29.0 Å². The largest absolute Gasteiger partial charge is 0.488 e. The van der Waals surface area contributed by atoms with E-state index in [0.717, 1.165) is 18.7 Å². The predicted molar refractivity (Wildman–Crippen MR) is 97.6 cm³/mol. The molecule has 0 aliphatic heterocycles. The highest BCUT2D eigenvalue weighted by Crippen LogP contribution is 2.38. The Labute approximate surface area is 161 Å². The number of hydroxylamine groups is 1. The van der Waals surface area contributed by atoms with Crippen LogP contribution in [-0.2, 0) is 30.4 Å². The first-order valence-corrected chi connectivity index (χ1v) is 8.73. The summed E-state index contributed by atoms with van der Waals surface area (Å²) < 4.78 is 50.2. The quantitative estimate of drug-likeness (QED) is 0.526. The van der Waals surface area contributed by atoms with E-state index in [4.69, 9.17) is 4.74 Å². The van der Waals surface area contributed by atoms with Crippen LogP contribution in [-0.4, -0.2) is 18.4 Å². The molecule has 0 radical (unpaired) electrons. The van der Waals surface area contributed by atoms with E-state index in [1.807, 2.05) is 6.92 Å². The Hall–Kier alpha value is -2.74.